The molecule has 0 aliphatic carbocycles. The van der Waals surface area contributed by atoms with Gasteiger partial charge >= 0.3 is 0 Å². The van der Waals surface area contributed by atoms with Gasteiger partial charge in [-0.05, 0) is 38.1 Å². The summed E-state index contributed by atoms with van der Waals surface area (Å²) in [6.45, 7) is 2.22. The summed E-state index contributed by atoms with van der Waals surface area (Å²) in [7, 11) is 0. The van der Waals surface area contributed by atoms with E-state index in [2.05, 4.69) is 10.7 Å². The molecule has 3 rings (SSSR count). The van der Waals surface area contributed by atoms with Crippen molar-refractivity contribution < 1.29 is 0 Å². The van der Waals surface area contributed by atoms with E-state index in [9.17, 15) is 0 Å². The van der Waals surface area contributed by atoms with Crippen LogP contribution in [0.3, 0.4) is 0 Å². The number of hydrogen-bond acceptors (Lipinski definition) is 3. The number of nitrogens with one attached hydrogen (secondary N) is 1. The van der Waals surface area contributed by atoms with Crippen LogP contribution in [0.25, 0.3) is 10.6 Å². The second-order valence-corrected chi connectivity index (χ2v) is 5.90. The molecule has 1 aliphatic heterocycles. The SMILES string of the molecule is Clc1ccc(-c2nc(C3CCNCC3)cs2)cc1. The van der Waals surface area contributed by atoms with Crippen molar-refractivity contribution in [2.45, 2.75) is 18.8 Å². The van der Waals surface area contributed by atoms with Gasteiger partial charge in [-0.15, -0.1) is 11.3 Å². The number of nitrogens with zero attached hydrogens (tertiary/aromatic N) is 1. The maximum atomic E-state index is 5.90. The van der Waals surface area contributed by atoms with Crippen LogP contribution >= 0.6 is 22.9 Å². The Bertz CT molecular complexity index is 515. The summed E-state index contributed by atoms with van der Waals surface area (Å²) in [6, 6.07) is 7.91. The molecule has 0 amide bonds. The summed E-state index contributed by atoms with van der Waals surface area (Å²) in [4.78, 5) is 4.78. The van der Waals surface area contributed by atoms with E-state index >= 15 is 0 Å². The second kappa shape index (κ2) is 5.39. The molecule has 1 aromatic carbocycles. The van der Waals surface area contributed by atoms with Crippen LogP contribution in [-0.4, -0.2) is 18.1 Å². The Balaban J connectivity index is 1.82. The molecule has 0 radical (unpaired) electrons. The number of halogens is 1. The molecule has 0 atom stereocenters. The molecule has 0 bridgehead atoms. The molecule has 2 heterocycles. The minimum Gasteiger partial charge on any atom is -0.317 e. The third-order valence-corrected chi connectivity index (χ3v) is 4.53. The molecule has 0 saturated carbocycles. The zero-order valence-corrected chi connectivity index (χ0v) is 11.6. The Labute approximate surface area is 116 Å². The fraction of sp³-hybridized carbons (Fsp3) is 0.357. The summed E-state index contributed by atoms with van der Waals surface area (Å²) in [6.07, 6.45) is 2.40. The van der Waals surface area contributed by atoms with Gasteiger partial charge in [0.2, 0.25) is 0 Å². The van der Waals surface area contributed by atoms with Gasteiger partial charge in [0.15, 0.2) is 0 Å². The van der Waals surface area contributed by atoms with Crippen molar-refractivity contribution in [3.63, 3.8) is 0 Å². The van der Waals surface area contributed by atoms with Gasteiger partial charge in [-0.25, -0.2) is 4.98 Å². The van der Waals surface area contributed by atoms with Crippen molar-refractivity contribution in [1.29, 1.82) is 0 Å². The third-order valence-electron chi connectivity index (χ3n) is 3.37. The van der Waals surface area contributed by atoms with Crippen LogP contribution < -0.4 is 5.32 Å². The van der Waals surface area contributed by atoms with E-state index in [-0.39, 0.29) is 0 Å². The molecule has 1 aromatic heterocycles. The molecule has 1 aliphatic rings. The van der Waals surface area contributed by atoms with Gasteiger partial charge in [0.25, 0.3) is 0 Å². The van der Waals surface area contributed by atoms with Crippen LogP contribution in [0.15, 0.2) is 29.6 Å². The van der Waals surface area contributed by atoms with Crippen molar-refractivity contribution in [2.24, 2.45) is 0 Å². The molecular formula is C14H15ClN2S. The summed E-state index contributed by atoms with van der Waals surface area (Å²) in [5.41, 5.74) is 2.41. The lowest BCUT2D eigenvalue weighted by atomic mass is 9.95. The van der Waals surface area contributed by atoms with Crippen molar-refractivity contribution in [2.75, 3.05) is 13.1 Å². The first-order valence-electron chi connectivity index (χ1n) is 6.25. The Hall–Kier alpha value is -0.900. The van der Waals surface area contributed by atoms with Gasteiger partial charge in [-0.2, -0.15) is 0 Å². The maximum Gasteiger partial charge on any atom is 0.123 e. The second-order valence-electron chi connectivity index (χ2n) is 4.61. The predicted molar refractivity (Wildman–Crippen MR) is 77.4 cm³/mol. The van der Waals surface area contributed by atoms with E-state index in [4.69, 9.17) is 16.6 Å². The molecule has 94 valence electrons. The fourth-order valence-corrected chi connectivity index (χ4v) is 3.35. The van der Waals surface area contributed by atoms with Crippen molar-refractivity contribution in [3.05, 3.63) is 40.4 Å². The summed E-state index contributed by atoms with van der Waals surface area (Å²) < 4.78 is 0. The van der Waals surface area contributed by atoms with E-state index in [1.165, 1.54) is 18.5 Å². The first-order valence-corrected chi connectivity index (χ1v) is 7.51. The van der Waals surface area contributed by atoms with E-state index < -0.39 is 0 Å². The number of thiazole rings is 1. The van der Waals surface area contributed by atoms with Crippen LogP contribution in [0.1, 0.15) is 24.5 Å². The van der Waals surface area contributed by atoms with Gasteiger partial charge in [-0.1, -0.05) is 23.7 Å². The summed E-state index contributed by atoms with van der Waals surface area (Å²) in [5.74, 6) is 0.628. The number of hydrogen-bond donors (Lipinski definition) is 1. The van der Waals surface area contributed by atoms with Crippen LogP contribution in [-0.2, 0) is 0 Å². The van der Waals surface area contributed by atoms with Crippen LogP contribution in [0.5, 0.6) is 0 Å². The lowest BCUT2D eigenvalue weighted by Gasteiger charge is -2.20. The molecule has 0 spiro atoms. The zero-order chi connectivity index (χ0) is 12.4. The predicted octanol–water partition coefficient (Wildman–Crippen LogP) is 3.93. The largest absolute Gasteiger partial charge is 0.317 e. The lowest BCUT2D eigenvalue weighted by Crippen LogP contribution is -2.26. The third kappa shape index (κ3) is 2.58. The standard InChI is InChI=1S/C14H15ClN2S/c15-12-3-1-11(2-4-12)14-17-13(9-18-14)10-5-7-16-8-6-10/h1-4,9-10,16H,5-8H2. The van der Waals surface area contributed by atoms with Gasteiger partial charge in [-0.3, -0.25) is 0 Å². The average Bonchev–Trinajstić information content (AvgIpc) is 2.90. The number of aromatic nitrogens is 1. The van der Waals surface area contributed by atoms with Gasteiger partial charge in [0.1, 0.15) is 5.01 Å². The van der Waals surface area contributed by atoms with E-state index in [1.54, 1.807) is 11.3 Å². The number of rotatable bonds is 2. The normalized spacial score (nSPS) is 16.9. The van der Waals surface area contributed by atoms with E-state index in [0.717, 1.165) is 28.7 Å². The minimum atomic E-state index is 0.628. The van der Waals surface area contributed by atoms with Crippen LogP contribution in [0.2, 0.25) is 5.02 Å². The lowest BCUT2D eigenvalue weighted by molar-refractivity contribution is 0.455. The van der Waals surface area contributed by atoms with Gasteiger partial charge in [0, 0.05) is 21.9 Å². The number of piperidine rings is 1. The van der Waals surface area contributed by atoms with Crippen molar-refractivity contribution in [3.8, 4) is 10.6 Å². The fourth-order valence-electron chi connectivity index (χ4n) is 2.32. The molecule has 1 fully saturated rings. The Morgan fingerprint density at radius 2 is 1.89 bits per heavy atom. The van der Waals surface area contributed by atoms with Crippen molar-refractivity contribution in [1.82, 2.24) is 10.3 Å². The Morgan fingerprint density at radius 1 is 1.17 bits per heavy atom. The minimum absolute atomic E-state index is 0.628. The average molecular weight is 279 g/mol. The molecular weight excluding hydrogens is 264 g/mol. The quantitative estimate of drug-likeness (QED) is 0.900. The summed E-state index contributed by atoms with van der Waals surface area (Å²) >= 11 is 7.63. The monoisotopic (exact) mass is 278 g/mol. The first kappa shape index (κ1) is 12.2. The zero-order valence-electron chi connectivity index (χ0n) is 10.0. The highest BCUT2D eigenvalue weighted by Gasteiger charge is 2.18. The van der Waals surface area contributed by atoms with Gasteiger partial charge < -0.3 is 5.32 Å². The van der Waals surface area contributed by atoms with Gasteiger partial charge in [0.05, 0.1) is 5.69 Å². The van der Waals surface area contributed by atoms with E-state index in [0.29, 0.717) is 5.92 Å². The molecule has 1 saturated heterocycles. The van der Waals surface area contributed by atoms with Crippen molar-refractivity contribution >= 4 is 22.9 Å². The highest BCUT2D eigenvalue weighted by molar-refractivity contribution is 7.13. The first-order chi connectivity index (χ1) is 8.83. The maximum absolute atomic E-state index is 5.90. The molecule has 2 aromatic rings. The van der Waals surface area contributed by atoms with Crippen LogP contribution in [0, 0.1) is 0 Å². The highest BCUT2D eigenvalue weighted by atomic mass is 35.5. The molecule has 2 nitrogen and oxygen atoms in total. The molecule has 4 heteroatoms. The van der Waals surface area contributed by atoms with Crippen LogP contribution in [0.4, 0.5) is 0 Å². The summed E-state index contributed by atoms with van der Waals surface area (Å²) in [5, 5.41) is 7.47. The number of benzene rings is 1. The Kier molecular flexibility index (Phi) is 3.64. The molecule has 0 unspecified atom stereocenters. The Morgan fingerprint density at radius 3 is 2.61 bits per heavy atom. The molecule has 18 heavy (non-hydrogen) atoms. The topological polar surface area (TPSA) is 24.9 Å². The smallest absolute Gasteiger partial charge is 0.123 e. The highest BCUT2D eigenvalue weighted by Crippen LogP contribution is 2.31. The van der Waals surface area contributed by atoms with E-state index in [1.807, 2.05) is 24.3 Å². The molecule has 1 N–H and O–H groups in total.